The number of halogens is 1. The summed E-state index contributed by atoms with van der Waals surface area (Å²) < 4.78 is 9.99. The quantitative estimate of drug-likeness (QED) is 0.908. The summed E-state index contributed by atoms with van der Waals surface area (Å²) in [5.41, 5.74) is 0.772. The molecule has 0 spiro atoms. The first kappa shape index (κ1) is 11.7. The van der Waals surface area contributed by atoms with E-state index in [0.717, 1.165) is 11.4 Å². The Morgan fingerprint density at radius 2 is 2.29 bits per heavy atom. The minimum absolute atomic E-state index is 0.449. The molecule has 0 saturated carbocycles. The highest BCUT2D eigenvalue weighted by Crippen LogP contribution is 2.26. The first-order valence-electron chi connectivity index (χ1n) is 5.05. The van der Waals surface area contributed by atoms with Crippen molar-refractivity contribution in [2.24, 2.45) is 0 Å². The van der Waals surface area contributed by atoms with Gasteiger partial charge in [-0.2, -0.15) is 4.98 Å². The fourth-order valence-corrected chi connectivity index (χ4v) is 1.54. The number of benzene rings is 1. The zero-order valence-electron chi connectivity index (χ0n) is 9.53. The molecule has 0 aliphatic heterocycles. The molecule has 0 atom stereocenters. The van der Waals surface area contributed by atoms with Crippen LogP contribution in [0.1, 0.15) is 11.7 Å². The second kappa shape index (κ2) is 5.05. The smallest absolute Gasteiger partial charge is 0.223 e. The standard InChI is InChI=1S/C11H12ClN3O2/c1-7-14-11(15-17-7)6-13-10-5-8(16-2)3-4-9(10)12/h3-5,13H,6H2,1-2H3. The monoisotopic (exact) mass is 253 g/mol. The molecule has 0 aliphatic rings. The third-order valence-electron chi connectivity index (χ3n) is 2.18. The molecular weight excluding hydrogens is 242 g/mol. The lowest BCUT2D eigenvalue weighted by Crippen LogP contribution is -2.02. The molecule has 2 rings (SSSR count). The van der Waals surface area contributed by atoms with E-state index in [1.807, 2.05) is 6.07 Å². The Kier molecular flexibility index (Phi) is 3.49. The lowest BCUT2D eigenvalue weighted by Gasteiger charge is -2.08. The van der Waals surface area contributed by atoms with Crippen LogP contribution in [0.5, 0.6) is 5.75 Å². The third-order valence-corrected chi connectivity index (χ3v) is 2.51. The molecule has 0 radical (unpaired) electrons. The average Bonchev–Trinajstić information content (AvgIpc) is 2.74. The van der Waals surface area contributed by atoms with E-state index < -0.39 is 0 Å². The van der Waals surface area contributed by atoms with E-state index >= 15 is 0 Å². The Balaban J connectivity index is 2.07. The van der Waals surface area contributed by atoms with Crippen LogP contribution in [-0.2, 0) is 6.54 Å². The molecule has 0 fully saturated rings. The second-order valence-electron chi connectivity index (χ2n) is 3.43. The summed E-state index contributed by atoms with van der Waals surface area (Å²) in [4.78, 5) is 4.08. The Labute approximate surface area is 104 Å². The van der Waals surface area contributed by atoms with Crippen LogP contribution >= 0.6 is 11.6 Å². The molecular formula is C11H12ClN3O2. The summed E-state index contributed by atoms with van der Waals surface area (Å²) in [5, 5.41) is 7.52. The number of nitrogens with zero attached hydrogens (tertiary/aromatic N) is 2. The minimum atomic E-state index is 0.449. The normalized spacial score (nSPS) is 10.3. The van der Waals surface area contributed by atoms with Crippen molar-refractivity contribution in [3.8, 4) is 5.75 Å². The predicted octanol–water partition coefficient (Wildman–Crippen LogP) is 2.65. The summed E-state index contributed by atoms with van der Waals surface area (Å²) in [6.07, 6.45) is 0. The van der Waals surface area contributed by atoms with Gasteiger partial charge in [0.2, 0.25) is 5.89 Å². The fourth-order valence-electron chi connectivity index (χ4n) is 1.35. The van der Waals surface area contributed by atoms with Gasteiger partial charge in [0.15, 0.2) is 5.82 Å². The molecule has 1 heterocycles. The van der Waals surface area contributed by atoms with Crippen molar-refractivity contribution in [2.45, 2.75) is 13.5 Å². The van der Waals surface area contributed by atoms with E-state index in [-0.39, 0.29) is 0 Å². The van der Waals surface area contributed by atoms with Crippen molar-refractivity contribution >= 4 is 17.3 Å². The largest absolute Gasteiger partial charge is 0.497 e. The fraction of sp³-hybridized carbons (Fsp3) is 0.273. The van der Waals surface area contributed by atoms with Crippen LogP contribution in [0.4, 0.5) is 5.69 Å². The van der Waals surface area contributed by atoms with Crippen molar-refractivity contribution in [1.29, 1.82) is 0 Å². The SMILES string of the molecule is COc1ccc(Cl)c(NCc2noc(C)n2)c1. The van der Waals surface area contributed by atoms with Crippen molar-refractivity contribution in [3.63, 3.8) is 0 Å². The van der Waals surface area contributed by atoms with Gasteiger partial charge in [-0.05, 0) is 12.1 Å². The lowest BCUT2D eigenvalue weighted by atomic mass is 10.3. The summed E-state index contributed by atoms with van der Waals surface area (Å²) in [5.74, 6) is 1.86. The third kappa shape index (κ3) is 2.88. The molecule has 1 aromatic carbocycles. The van der Waals surface area contributed by atoms with E-state index in [0.29, 0.717) is 23.3 Å². The predicted molar refractivity (Wildman–Crippen MR) is 64.4 cm³/mol. The zero-order valence-corrected chi connectivity index (χ0v) is 10.3. The highest BCUT2D eigenvalue weighted by molar-refractivity contribution is 6.33. The van der Waals surface area contributed by atoms with Crippen LogP contribution in [-0.4, -0.2) is 17.3 Å². The summed E-state index contributed by atoms with van der Waals surface area (Å²) in [7, 11) is 1.61. The van der Waals surface area contributed by atoms with E-state index in [2.05, 4.69) is 15.5 Å². The molecule has 0 saturated heterocycles. The molecule has 2 aromatic rings. The number of ether oxygens (including phenoxy) is 1. The molecule has 5 nitrogen and oxygen atoms in total. The summed E-state index contributed by atoms with van der Waals surface area (Å²) in [6.45, 7) is 2.19. The topological polar surface area (TPSA) is 60.2 Å². The van der Waals surface area contributed by atoms with Crippen LogP contribution in [0.2, 0.25) is 5.02 Å². The van der Waals surface area contributed by atoms with Gasteiger partial charge in [0, 0.05) is 13.0 Å². The van der Waals surface area contributed by atoms with E-state index in [4.69, 9.17) is 20.9 Å². The van der Waals surface area contributed by atoms with E-state index in [1.54, 1.807) is 26.2 Å². The van der Waals surface area contributed by atoms with E-state index in [9.17, 15) is 0 Å². The number of rotatable bonds is 4. The Hall–Kier alpha value is -1.75. The van der Waals surface area contributed by atoms with Crippen LogP contribution in [0, 0.1) is 6.92 Å². The molecule has 0 bridgehead atoms. The lowest BCUT2D eigenvalue weighted by molar-refractivity contribution is 0.388. The Morgan fingerprint density at radius 1 is 1.47 bits per heavy atom. The first-order valence-corrected chi connectivity index (χ1v) is 5.43. The van der Waals surface area contributed by atoms with E-state index in [1.165, 1.54) is 0 Å². The molecule has 0 amide bonds. The molecule has 1 N–H and O–H groups in total. The minimum Gasteiger partial charge on any atom is -0.497 e. The maximum atomic E-state index is 6.04. The van der Waals surface area contributed by atoms with Gasteiger partial charge in [-0.25, -0.2) is 0 Å². The average molecular weight is 254 g/mol. The van der Waals surface area contributed by atoms with Gasteiger partial charge in [-0.1, -0.05) is 16.8 Å². The van der Waals surface area contributed by atoms with Crippen molar-refractivity contribution in [1.82, 2.24) is 10.1 Å². The van der Waals surface area contributed by atoms with Gasteiger partial charge in [0.05, 0.1) is 24.4 Å². The number of nitrogens with one attached hydrogen (secondary N) is 1. The number of aromatic nitrogens is 2. The van der Waals surface area contributed by atoms with Crippen molar-refractivity contribution in [3.05, 3.63) is 34.9 Å². The van der Waals surface area contributed by atoms with Crippen LogP contribution in [0.3, 0.4) is 0 Å². The van der Waals surface area contributed by atoms with Gasteiger partial charge in [0.25, 0.3) is 0 Å². The highest BCUT2D eigenvalue weighted by Gasteiger charge is 2.05. The van der Waals surface area contributed by atoms with Gasteiger partial charge >= 0.3 is 0 Å². The molecule has 6 heteroatoms. The van der Waals surface area contributed by atoms with Crippen LogP contribution in [0.15, 0.2) is 22.7 Å². The highest BCUT2D eigenvalue weighted by atomic mass is 35.5. The summed E-state index contributed by atoms with van der Waals surface area (Å²) in [6, 6.07) is 5.38. The molecule has 17 heavy (non-hydrogen) atoms. The molecule has 0 unspecified atom stereocenters. The number of methoxy groups -OCH3 is 1. The number of anilines is 1. The Morgan fingerprint density at radius 3 is 2.94 bits per heavy atom. The van der Waals surface area contributed by atoms with Crippen molar-refractivity contribution in [2.75, 3.05) is 12.4 Å². The maximum Gasteiger partial charge on any atom is 0.223 e. The summed E-state index contributed by atoms with van der Waals surface area (Å²) >= 11 is 6.04. The van der Waals surface area contributed by atoms with Crippen LogP contribution < -0.4 is 10.1 Å². The van der Waals surface area contributed by atoms with Crippen molar-refractivity contribution < 1.29 is 9.26 Å². The second-order valence-corrected chi connectivity index (χ2v) is 3.84. The molecule has 90 valence electrons. The maximum absolute atomic E-state index is 6.04. The van der Waals surface area contributed by atoms with Gasteiger partial charge in [-0.3, -0.25) is 0 Å². The van der Waals surface area contributed by atoms with Gasteiger partial charge in [-0.15, -0.1) is 0 Å². The number of hydrogen-bond donors (Lipinski definition) is 1. The first-order chi connectivity index (χ1) is 8.19. The number of aryl methyl sites for hydroxylation is 1. The molecule has 1 aromatic heterocycles. The van der Waals surface area contributed by atoms with Gasteiger partial charge < -0.3 is 14.6 Å². The van der Waals surface area contributed by atoms with Gasteiger partial charge in [0.1, 0.15) is 5.75 Å². The Bertz CT molecular complexity index is 513. The number of hydrogen-bond acceptors (Lipinski definition) is 5. The zero-order chi connectivity index (χ0) is 12.3. The van der Waals surface area contributed by atoms with Crippen LogP contribution in [0.25, 0.3) is 0 Å². The molecule has 0 aliphatic carbocycles.